The number of carbonyl (C=O) groups is 3. The number of amides is 2. The maximum absolute atomic E-state index is 13.0. The van der Waals surface area contributed by atoms with Crippen LogP contribution < -0.4 is 5.32 Å². The Labute approximate surface area is 182 Å². The Morgan fingerprint density at radius 2 is 1.74 bits per heavy atom. The Bertz CT molecular complexity index is 994. The van der Waals surface area contributed by atoms with E-state index < -0.39 is 0 Å². The fourth-order valence-electron chi connectivity index (χ4n) is 3.98. The van der Waals surface area contributed by atoms with Crippen molar-refractivity contribution in [3.05, 3.63) is 65.9 Å². The first-order valence-electron chi connectivity index (χ1n) is 10.7. The summed E-state index contributed by atoms with van der Waals surface area (Å²) in [5.41, 5.74) is 3.76. The molecule has 0 radical (unpaired) electrons. The molecule has 0 aromatic heterocycles. The minimum atomic E-state index is -0.209. The van der Waals surface area contributed by atoms with Gasteiger partial charge < -0.3 is 15.1 Å². The summed E-state index contributed by atoms with van der Waals surface area (Å²) in [5.74, 6) is -0.372. The van der Waals surface area contributed by atoms with Gasteiger partial charge in [0.1, 0.15) is 12.0 Å². The average molecular weight is 418 g/mol. The summed E-state index contributed by atoms with van der Waals surface area (Å²) < 4.78 is 0. The third kappa shape index (κ3) is 4.85. The highest BCUT2D eigenvalue weighted by Crippen LogP contribution is 2.30. The van der Waals surface area contributed by atoms with Crippen LogP contribution in [0.3, 0.4) is 0 Å². The van der Waals surface area contributed by atoms with Gasteiger partial charge in [0.05, 0.1) is 6.54 Å². The van der Waals surface area contributed by atoms with Gasteiger partial charge in [-0.1, -0.05) is 42.5 Å². The van der Waals surface area contributed by atoms with Gasteiger partial charge in [0.2, 0.25) is 5.91 Å². The predicted molar refractivity (Wildman–Crippen MR) is 120 cm³/mol. The highest BCUT2D eigenvalue weighted by Gasteiger charge is 2.35. The first kappa shape index (κ1) is 20.8. The van der Waals surface area contributed by atoms with Crippen LogP contribution in [0.25, 0.3) is 11.1 Å². The van der Waals surface area contributed by atoms with Gasteiger partial charge in [0, 0.05) is 30.9 Å². The Kier molecular flexibility index (Phi) is 6.16. The molecule has 160 valence electrons. The molecular formula is C25H27N3O3. The zero-order valence-corrected chi connectivity index (χ0v) is 17.7. The second-order valence-corrected chi connectivity index (χ2v) is 8.16. The largest absolute Gasteiger partial charge is 0.357 e. The standard InChI is InChI=1S/C25H27N3O3/c1-27(22-13-14-22)25(31)24-20(17-29)8-5-15-28(24)16-23(30)26-21-11-9-19(10-12-21)18-6-3-2-4-7-18/h2-4,6-7,9-12,17,22H,5,8,13-16H2,1H3,(H,26,30). The molecule has 1 heterocycles. The molecule has 1 N–H and O–H groups in total. The number of rotatable bonds is 7. The van der Waals surface area contributed by atoms with Crippen LogP contribution in [-0.2, 0) is 14.4 Å². The number of carbonyl (C=O) groups excluding carboxylic acids is 3. The third-order valence-corrected chi connectivity index (χ3v) is 5.86. The molecule has 4 rings (SSSR count). The first-order valence-corrected chi connectivity index (χ1v) is 10.7. The molecule has 0 saturated heterocycles. The van der Waals surface area contributed by atoms with Crippen LogP contribution in [0.15, 0.2) is 65.9 Å². The molecule has 2 amide bonds. The number of likely N-dealkylation sites (N-methyl/N-ethyl adjacent to an activating group) is 1. The van der Waals surface area contributed by atoms with Gasteiger partial charge in [-0.3, -0.25) is 14.4 Å². The molecule has 6 heteroatoms. The summed E-state index contributed by atoms with van der Waals surface area (Å²) in [4.78, 5) is 40.8. The van der Waals surface area contributed by atoms with Crippen molar-refractivity contribution in [2.75, 3.05) is 25.5 Å². The topological polar surface area (TPSA) is 69.7 Å². The van der Waals surface area contributed by atoms with Gasteiger partial charge in [-0.2, -0.15) is 0 Å². The van der Waals surface area contributed by atoms with E-state index in [4.69, 9.17) is 0 Å². The molecule has 0 bridgehead atoms. The number of nitrogens with zero attached hydrogens (tertiary/aromatic N) is 2. The maximum atomic E-state index is 13.0. The average Bonchev–Trinajstić information content (AvgIpc) is 3.64. The molecule has 0 atom stereocenters. The summed E-state index contributed by atoms with van der Waals surface area (Å²) in [6, 6.07) is 18.0. The Balaban J connectivity index is 1.44. The molecular weight excluding hydrogens is 390 g/mol. The number of anilines is 1. The number of benzene rings is 2. The van der Waals surface area contributed by atoms with Crippen molar-refractivity contribution in [3.63, 3.8) is 0 Å². The van der Waals surface area contributed by atoms with Crippen LogP contribution in [0.5, 0.6) is 0 Å². The van der Waals surface area contributed by atoms with E-state index in [1.807, 2.05) is 54.6 Å². The molecule has 6 nitrogen and oxygen atoms in total. The van der Waals surface area contributed by atoms with Crippen molar-refractivity contribution >= 4 is 23.8 Å². The van der Waals surface area contributed by atoms with Gasteiger partial charge in [-0.15, -0.1) is 0 Å². The van der Waals surface area contributed by atoms with E-state index in [1.54, 1.807) is 16.8 Å². The molecule has 31 heavy (non-hydrogen) atoms. The first-order chi connectivity index (χ1) is 15.1. The molecule has 1 saturated carbocycles. The van der Waals surface area contributed by atoms with Crippen LogP contribution in [0.1, 0.15) is 25.7 Å². The van der Waals surface area contributed by atoms with Gasteiger partial charge in [0.15, 0.2) is 0 Å². The van der Waals surface area contributed by atoms with Crippen LogP contribution in [0, 0.1) is 0 Å². The van der Waals surface area contributed by atoms with Gasteiger partial charge in [-0.05, 0) is 48.9 Å². The number of nitrogens with one attached hydrogen (secondary N) is 1. The summed E-state index contributed by atoms with van der Waals surface area (Å²) in [6.07, 6.45) is 4.07. The van der Waals surface area contributed by atoms with Crippen LogP contribution in [-0.4, -0.2) is 54.1 Å². The van der Waals surface area contributed by atoms with E-state index >= 15 is 0 Å². The lowest BCUT2D eigenvalue weighted by molar-refractivity contribution is -0.129. The molecule has 0 unspecified atom stereocenters. The van der Waals surface area contributed by atoms with Crippen molar-refractivity contribution in [1.29, 1.82) is 0 Å². The SMILES string of the molecule is CN(C(=O)C1=C(C=O)CCCN1CC(=O)Nc1ccc(-c2ccccc2)cc1)C1CC1. The number of hydrogen-bond acceptors (Lipinski definition) is 4. The number of hydrogen-bond donors (Lipinski definition) is 1. The number of allylic oxidation sites excluding steroid dienone is 1. The summed E-state index contributed by atoms with van der Waals surface area (Å²) in [5, 5.41) is 2.91. The maximum Gasteiger partial charge on any atom is 0.270 e. The van der Waals surface area contributed by atoms with E-state index in [0.29, 0.717) is 29.9 Å². The smallest absolute Gasteiger partial charge is 0.270 e. The second kappa shape index (κ2) is 9.16. The van der Waals surface area contributed by atoms with Crippen LogP contribution in [0.4, 0.5) is 5.69 Å². The lowest BCUT2D eigenvalue weighted by Crippen LogP contribution is -2.43. The predicted octanol–water partition coefficient (Wildman–Crippen LogP) is 3.46. The fourth-order valence-corrected chi connectivity index (χ4v) is 3.98. The zero-order chi connectivity index (χ0) is 21.8. The van der Waals surface area contributed by atoms with Crippen molar-refractivity contribution in [2.45, 2.75) is 31.7 Å². The van der Waals surface area contributed by atoms with E-state index in [2.05, 4.69) is 5.32 Å². The molecule has 2 aromatic carbocycles. The highest BCUT2D eigenvalue weighted by atomic mass is 16.2. The quantitative estimate of drug-likeness (QED) is 0.701. The van der Waals surface area contributed by atoms with E-state index in [1.165, 1.54) is 0 Å². The van der Waals surface area contributed by atoms with Gasteiger partial charge in [-0.25, -0.2) is 0 Å². The minimum absolute atomic E-state index is 0.0390. The summed E-state index contributed by atoms with van der Waals surface area (Å²) >= 11 is 0. The van der Waals surface area contributed by atoms with E-state index in [9.17, 15) is 14.4 Å². The van der Waals surface area contributed by atoms with Crippen LogP contribution in [0.2, 0.25) is 0 Å². The summed E-state index contributed by atoms with van der Waals surface area (Å²) in [7, 11) is 1.77. The monoisotopic (exact) mass is 417 g/mol. The van der Waals surface area contributed by atoms with Crippen LogP contribution >= 0.6 is 0 Å². The van der Waals surface area contributed by atoms with Crippen molar-refractivity contribution in [2.24, 2.45) is 0 Å². The van der Waals surface area contributed by atoms with Gasteiger partial charge >= 0.3 is 0 Å². The Morgan fingerprint density at radius 3 is 2.39 bits per heavy atom. The third-order valence-electron chi connectivity index (χ3n) is 5.86. The minimum Gasteiger partial charge on any atom is -0.357 e. The number of aldehydes is 1. The molecule has 2 aliphatic rings. The molecule has 1 fully saturated rings. The van der Waals surface area contributed by atoms with E-state index in [0.717, 1.165) is 36.7 Å². The lowest BCUT2D eigenvalue weighted by Gasteiger charge is -2.33. The van der Waals surface area contributed by atoms with Crippen molar-refractivity contribution in [3.8, 4) is 11.1 Å². The Morgan fingerprint density at radius 1 is 1.06 bits per heavy atom. The molecule has 1 aliphatic carbocycles. The molecule has 1 aliphatic heterocycles. The normalized spacial score (nSPS) is 16.1. The molecule has 0 spiro atoms. The fraction of sp³-hybridized carbons (Fsp3) is 0.320. The van der Waals surface area contributed by atoms with Crippen molar-refractivity contribution in [1.82, 2.24) is 9.80 Å². The highest BCUT2D eigenvalue weighted by molar-refractivity contribution is 6.00. The Hall–Kier alpha value is -3.41. The summed E-state index contributed by atoms with van der Waals surface area (Å²) in [6.45, 7) is 0.620. The van der Waals surface area contributed by atoms with Gasteiger partial charge in [0.25, 0.3) is 5.91 Å². The van der Waals surface area contributed by atoms with Crippen molar-refractivity contribution < 1.29 is 14.4 Å². The second-order valence-electron chi connectivity index (χ2n) is 8.16. The van der Waals surface area contributed by atoms with E-state index in [-0.39, 0.29) is 24.4 Å². The lowest BCUT2D eigenvalue weighted by atomic mass is 10.0. The molecule has 2 aromatic rings. The zero-order valence-electron chi connectivity index (χ0n) is 17.7.